The van der Waals surface area contributed by atoms with Gasteiger partial charge in [0, 0.05) is 12.0 Å². The molecule has 0 bridgehead atoms. The van der Waals surface area contributed by atoms with Crippen LogP contribution in [0.3, 0.4) is 0 Å². The molecule has 5 nitrogen and oxygen atoms in total. The SMILES string of the molecule is C=C(C)C(=O)OCCCOc1ccc(C(=O)Oc2ccccc2)cc1. The topological polar surface area (TPSA) is 61.8 Å². The number of benzene rings is 2. The van der Waals surface area contributed by atoms with Gasteiger partial charge in [0.2, 0.25) is 0 Å². The van der Waals surface area contributed by atoms with Gasteiger partial charge in [-0.1, -0.05) is 24.8 Å². The number of esters is 2. The zero-order chi connectivity index (χ0) is 18.1. The minimum absolute atomic E-state index is 0.271. The first-order chi connectivity index (χ1) is 12.1. The monoisotopic (exact) mass is 340 g/mol. The van der Waals surface area contributed by atoms with Gasteiger partial charge in [-0.15, -0.1) is 0 Å². The maximum absolute atomic E-state index is 12.0. The molecule has 130 valence electrons. The molecule has 0 N–H and O–H groups in total. The fourth-order valence-corrected chi connectivity index (χ4v) is 1.88. The highest BCUT2D eigenvalue weighted by Crippen LogP contribution is 2.15. The summed E-state index contributed by atoms with van der Waals surface area (Å²) in [6.45, 7) is 5.78. The van der Waals surface area contributed by atoms with Crippen molar-refractivity contribution >= 4 is 11.9 Å². The van der Waals surface area contributed by atoms with Crippen LogP contribution in [-0.2, 0) is 9.53 Å². The summed E-state index contributed by atoms with van der Waals surface area (Å²) in [5.41, 5.74) is 0.811. The Morgan fingerprint density at radius 3 is 2.24 bits per heavy atom. The molecule has 5 heteroatoms. The molecule has 2 rings (SSSR count). The van der Waals surface area contributed by atoms with Gasteiger partial charge in [-0.05, 0) is 43.3 Å². The van der Waals surface area contributed by atoms with Crippen molar-refractivity contribution in [3.63, 3.8) is 0 Å². The van der Waals surface area contributed by atoms with E-state index in [2.05, 4.69) is 6.58 Å². The molecule has 0 heterocycles. The standard InChI is InChI=1S/C20H20O5/c1-15(2)19(21)24-14-6-13-23-17-11-9-16(10-12-17)20(22)25-18-7-4-3-5-8-18/h3-5,7-12H,1,6,13-14H2,2H3. The van der Waals surface area contributed by atoms with E-state index in [4.69, 9.17) is 14.2 Å². The summed E-state index contributed by atoms with van der Waals surface area (Å²) in [7, 11) is 0. The minimum atomic E-state index is -0.426. The number of ether oxygens (including phenoxy) is 3. The van der Waals surface area contributed by atoms with Gasteiger partial charge < -0.3 is 14.2 Å². The lowest BCUT2D eigenvalue weighted by Gasteiger charge is -2.08. The lowest BCUT2D eigenvalue weighted by Crippen LogP contribution is -2.10. The van der Waals surface area contributed by atoms with Gasteiger partial charge >= 0.3 is 11.9 Å². The molecule has 0 aliphatic carbocycles. The average molecular weight is 340 g/mol. The number of carbonyl (C=O) groups excluding carboxylic acids is 2. The third-order valence-electron chi connectivity index (χ3n) is 3.18. The Kier molecular flexibility index (Phi) is 6.77. The Bertz CT molecular complexity index is 720. The molecule has 0 spiro atoms. The van der Waals surface area contributed by atoms with Crippen molar-refractivity contribution in [1.29, 1.82) is 0 Å². The van der Waals surface area contributed by atoms with Crippen LogP contribution < -0.4 is 9.47 Å². The maximum atomic E-state index is 12.0. The second kappa shape index (κ2) is 9.27. The molecule has 0 fully saturated rings. The van der Waals surface area contributed by atoms with Crippen LogP contribution in [0.15, 0.2) is 66.7 Å². The van der Waals surface area contributed by atoms with Crippen molar-refractivity contribution in [2.45, 2.75) is 13.3 Å². The Morgan fingerprint density at radius 2 is 1.60 bits per heavy atom. The molecule has 0 saturated heterocycles. The number of para-hydroxylation sites is 1. The van der Waals surface area contributed by atoms with E-state index in [0.717, 1.165) is 0 Å². The Balaban J connectivity index is 1.75. The van der Waals surface area contributed by atoms with Crippen molar-refractivity contribution in [2.75, 3.05) is 13.2 Å². The highest BCUT2D eigenvalue weighted by molar-refractivity contribution is 5.91. The molecule has 0 aromatic heterocycles. The van der Waals surface area contributed by atoms with Crippen molar-refractivity contribution in [3.05, 3.63) is 72.3 Å². The zero-order valence-electron chi connectivity index (χ0n) is 14.1. The first kappa shape index (κ1) is 18.3. The quantitative estimate of drug-likeness (QED) is 0.317. The minimum Gasteiger partial charge on any atom is -0.493 e. The molecule has 2 aromatic rings. The summed E-state index contributed by atoms with van der Waals surface area (Å²) < 4.78 is 15.8. The van der Waals surface area contributed by atoms with E-state index in [0.29, 0.717) is 35.7 Å². The summed E-state index contributed by atoms with van der Waals surface area (Å²) in [4.78, 5) is 23.2. The Morgan fingerprint density at radius 1 is 0.920 bits per heavy atom. The molecule has 0 radical (unpaired) electrons. The third-order valence-corrected chi connectivity index (χ3v) is 3.18. The summed E-state index contributed by atoms with van der Waals surface area (Å²) in [5, 5.41) is 0. The van der Waals surface area contributed by atoms with Crippen molar-refractivity contribution in [2.24, 2.45) is 0 Å². The fraction of sp³-hybridized carbons (Fsp3) is 0.200. The lowest BCUT2D eigenvalue weighted by molar-refractivity contribution is -0.139. The summed E-state index contributed by atoms with van der Waals surface area (Å²) in [6, 6.07) is 15.6. The van der Waals surface area contributed by atoms with Crippen LogP contribution in [0.25, 0.3) is 0 Å². The normalized spacial score (nSPS) is 9.96. The summed E-state index contributed by atoms with van der Waals surface area (Å²) >= 11 is 0. The number of hydrogen-bond donors (Lipinski definition) is 0. The van der Waals surface area contributed by atoms with Gasteiger partial charge in [-0.2, -0.15) is 0 Å². The van der Waals surface area contributed by atoms with Crippen LogP contribution in [0.1, 0.15) is 23.7 Å². The van der Waals surface area contributed by atoms with Crippen LogP contribution in [0.4, 0.5) is 0 Å². The largest absolute Gasteiger partial charge is 0.493 e. The molecule has 25 heavy (non-hydrogen) atoms. The Labute approximate surface area is 146 Å². The highest BCUT2D eigenvalue weighted by atomic mass is 16.5. The second-order valence-electron chi connectivity index (χ2n) is 5.35. The van der Waals surface area contributed by atoms with E-state index in [1.165, 1.54) is 0 Å². The van der Waals surface area contributed by atoms with Crippen LogP contribution in [-0.4, -0.2) is 25.2 Å². The van der Waals surface area contributed by atoms with Gasteiger partial charge in [0.15, 0.2) is 0 Å². The number of rotatable bonds is 8. The molecular formula is C20H20O5. The molecule has 0 amide bonds. The molecule has 0 aliphatic rings. The van der Waals surface area contributed by atoms with Crippen molar-refractivity contribution in [3.8, 4) is 11.5 Å². The molecule has 2 aromatic carbocycles. The van der Waals surface area contributed by atoms with Gasteiger partial charge in [-0.25, -0.2) is 9.59 Å². The zero-order valence-corrected chi connectivity index (χ0v) is 14.1. The summed E-state index contributed by atoms with van der Waals surface area (Å²) in [5.74, 6) is 0.297. The van der Waals surface area contributed by atoms with E-state index in [9.17, 15) is 9.59 Å². The van der Waals surface area contributed by atoms with Crippen LogP contribution in [0.2, 0.25) is 0 Å². The van der Waals surface area contributed by atoms with Gasteiger partial charge in [0.1, 0.15) is 11.5 Å². The third kappa shape index (κ3) is 6.14. The number of carbonyl (C=O) groups is 2. The van der Waals surface area contributed by atoms with Crippen molar-refractivity contribution < 1.29 is 23.8 Å². The van der Waals surface area contributed by atoms with Crippen LogP contribution >= 0.6 is 0 Å². The first-order valence-corrected chi connectivity index (χ1v) is 7.89. The van der Waals surface area contributed by atoms with E-state index in [1.54, 1.807) is 55.5 Å². The summed E-state index contributed by atoms with van der Waals surface area (Å²) in [6.07, 6.45) is 0.566. The Hall–Kier alpha value is -3.08. The molecule has 0 unspecified atom stereocenters. The first-order valence-electron chi connectivity index (χ1n) is 7.89. The lowest BCUT2D eigenvalue weighted by atomic mass is 10.2. The van der Waals surface area contributed by atoms with Gasteiger partial charge in [0.25, 0.3) is 0 Å². The van der Waals surface area contributed by atoms with Crippen LogP contribution in [0.5, 0.6) is 11.5 Å². The van der Waals surface area contributed by atoms with Crippen LogP contribution in [0, 0.1) is 0 Å². The maximum Gasteiger partial charge on any atom is 0.343 e. The highest BCUT2D eigenvalue weighted by Gasteiger charge is 2.08. The molecule has 0 saturated carbocycles. The molecular weight excluding hydrogens is 320 g/mol. The van der Waals surface area contributed by atoms with E-state index in [1.807, 2.05) is 6.07 Å². The molecule has 0 aliphatic heterocycles. The van der Waals surface area contributed by atoms with E-state index in [-0.39, 0.29) is 6.61 Å². The van der Waals surface area contributed by atoms with E-state index >= 15 is 0 Å². The smallest absolute Gasteiger partial charge is 0.343 e. The second-order valence-corrected chi connectivity index (χ2v) is 5.35. The fourth-order valence-electron chi connectivity index (χ4n) is 1.88. The van der Waals surface area contributed by atoms with Gasteiger partial charge in [-0.3, -0.25) is 0 Å². The van der Waals surface area contributed by atoms with Crippen molar-refractivity contribution in [1.82, 2.24) is 0 Å². The van der Waals surface area contributed by atoms with E-state index < -0.39 is 11.9 Å². The molecule has 0 atom stereocenters. The van der Waals surface area contributed by atoms with Gasteiger partial charge in [0.05, 0.1) is 18.8 Å². The predicted molar refractivity (Wildman–Crippen MR) is 93.7 cm³/mol. The average Bonchev–Trinajstić information content (AvgIpc) is 2.62. The predicted octanol–water partition coefficient (Wildman–Crippen LogP) is 3.79. The number of hydrogen-bond acceptors (Lipinski definition) is 5.